The molecule has 0 bridgehead atoms. The summed E-state index contributed by atoms with van der Waals surface area (Å²) in [6.07, 6.45) is 0. The summed E-state index contributed by atoms with van der Waals surface area (Å²) in [5.41, 5.74) is 1.42. The highest BCUT2D eigenvalue weighted by Gasteiger charge is 2.27. The van der Waals surface area contributed by atoms with Gasteiger partial charge >= 0.3 is 0 Å². The van der Waals surface area contributed by atoms with Gasteiger partial charge in [-0.25, -0.2) is 0 Å². The van der Waals surface area contributed by atoms with E-state index in [0.29, 0.717) is 16.8 Å². The zero-order valence-electron chi connectivity index (χ0n) is 17.1. The monoisotopic (exact) mass is 440 g/mol. The number of benzene rings is 4. The maximum atomic E-state index is 13.6. The van der Waals surface area contributed by atoms with Crippen molar-refractivity contribution >= 4 is 27.5 Å². The molecule has 0 aliphatic carbocycles. The molecular formula is C26H20N2O3S. The Morgan fingerprint density at radius 1 is 0.594 bits per heavy atom. The van der Waals surface area contributed by atoms with Gasteiger partial charge in [0.25, 0.3) is 15.9 Å². The number of hydrogen-bond donors (Lipinski definition) is 0. The number of carbonyl (C=O) groups excluding carboxylic acids is 1. The number of sulfonamides is 1. The van der Waals surface area contributed by atoms with E-state index in [2.05, 4.69) is 4.40 Å². The number of para-hydroxylation sites is 1. The van der Waals surface area contributed by atoms with Crippen molar-refractivity contribution < 1.29 is 13.2 Å². The molecule has 4 aromatic carbocycles. The molecule has 0 heterocycles. The third kappa shape index (κ3) is 4.66. The van der Waals surface area contributed by atoms with Gasteiger partial charge in [-0.1, -0.05) is 84.9 Å². The third-order valence-corrected chi connectivity index (χ3v) is 6.01. The number of rotatable bonds is 5. The summed E-state index contributed by atoms with van der Waals surface area (Å²) < 4.78 is 30.5. The van der Waals surface area contributed by atoms with E-state index in [9.17, 15) is 13.2 Å². The predicted octanol–water partition coefficient (Wildman–Crippen LogP) is 5.17. The molecule has 0 atom stereocenters. The van der Waals surface area contributed by atoms with Crippen LogP contribution in [0.5, 0.6) is 0 Å². The SMILES string of the molecule is O=C(c1ccccc1)N(C(=NS(=O)(=O)c1ccccc1)c1ccccc1)c1ccccc1. The summed E-state index contributed by atoms with van der Waals surface area (Å²) in [6, 6.07) is 34.4. The van der Waals surface area contributed by atoms with Crippen LogP contribution in [0.4, 0.5) is 5.69 Å². The van der Waals surface area contributed by atoms with Gasteiger partial charge in [0.2, 0.25) is 0 Å². The number of amidine groups is 1. The van der Waals surface area contributed by atoms with Gasteiger partial charge in [-0.3, -0.25) is 9.69 Å². The second-order valence-electron chi connectivity index (χ2n) is 6.91. The summed E-state index contributed by atoms with van der Waals surface area (Å²) in [4.78, 5) is 15.0. The molecule has 0 saturated carbocycles. The fourth-order valence-corrected chi connectivity index (χ4v) is 4.21. The zero-order valence-corrected chi connectivity index (χ0v) is 17.9. The fraction of sp³-hybridized carbons (Fsp3) is 0. The number of amides is 1. The van der Waals surface area contributed by atoms with Gasteiger partial charge < -0.3 is 0 Å². The summed E-state index contributed by atoms with van der Waals surface area (Å²) in [6.45, 7) is 0. The number of anilines is 1. The van der Waals surface area contributed by atoms with Crippen molar-refractivity contribution in [3.05, 3.63) is 132 Å². The molecule has 0 aromatic heterocycles. The van der Waals surface area contributed by atoms with Crippen LogP contribution < -0.4 is 4.90 Å². The van der Waals surface area contributed by atoms with Crippen LogP contribution in [0.2, 0.25) is 0 Å². The molecule has 0 aliphatic rings. The standard InChI is InChI=1S/C26H20N2O3S/c29-26(22-15-7-2-8-16-22)28(23-17-9-3-10-18-23)25(21-13-5-1-6-14-21)27-32(30,31)24-19-11-4-12-20-24/h1-20H. The molecule has 5 nitrogen and oxygen atoms in total. The molecule has 0 unspecified atom stereocenters. The molecule has 4 rings (SSSR count). The van der Waals surface area contributed by atoms with Crippen molar-refractivity contribution in [3.8, 4) is 0 Å². The average molecular weight is 441 g/mol. The molecular weight excluding hydrogens is 420 g/mol. The van der Waals surface area contributed by atoms with Crippen LogP contribution in [-0.2, 0) is 10.0 Å². The Hall–Kier alpha value is -4.03. The van der Waals surface area contributed by atoms with Crippen LogP contribution in [0.25, 0.3) is 0 Å². The molecule has 0 spiro atoms. The molecule has 0 N–H and O–H groups in total. The van der Waals surface area contributed by atoms with E-state index in [1.807, 2.05) is 18.2 Å². The van der Waals surface area contributed by atoms with Crippen LogP contribution in [0.15, 0.2) is 131 Å². The zero-order chi connectivity index (χ0) is 22.4. The summed E-state index contributed by atoms with van der Waals surface area (Å²) in [5.74, 6) is -0.364. The Morgan fingerprint density at radius 2 is 1.03 bits per heavy atom. The molecule has 0 saturated heterocycles. The van der Waals surface area contributed by atoms with Crippen molar-refractivity contribution in [1.29, 1.82) is 0 Å². The largest absolute Gasteiger partial charge is 0.284 e. The van der Waals surface area contributed by atoms with Crippen LogP contribution in [0, 0.1) is 0 Å². The summed E-state index contributed by atoms with van der Waals surface area (Å²) in [5, 5.41) is 0. The minimum Gasteiger partial charge on any atom is -0.268 e. The van der Waals surface area contributed by atoms with Crippen LogP contribution in [0.3, 0.4) is 0 Å². The number of carbonyl (C=O) groups is 1. The van der Waals surface area contributed by atoms with Crippen LogP contribution in [0.1, 0.15) is 15.9 Å². The minimum absolute atomic E-state index is 0.0227. The topological polar surface area (TPSA) is 66.8 Å². The van der Waals surface area contributed by atoms with Crippen LogP contribution in [-0.4, -0.2) is 20.2 Å². The lowest BCUT2D eigenvalue weighted by molar-refractivity contribution is 0.100. The van der Waals surface area contributed by atoms with Gasteiger partial charge in [-0.15, -0.1) is 4.40 Å². The van der Waals surface area contributed by atoms with Crippen molar-refractivity contribution in [3.63, 3.8) is 0 Å². The predicted molar refractivity (Wildman–Crippen MR) is 126 cm³/mol. The summed E-state index contributed by atoms with van der Waals surface area (Å²) in [7, 11) is -4.08. The Morgan fingerprint density at radius 3 is 1.56 bits per heavy atom. The Balaban J connectivity index is 1.95. The second-order valence-corrected chi connectivity index (χ2v) is 8.52. The maximum absolute atomic E-state index is 13.6. The van der Waals surface area contributed by atoms with E-state index in [0.717, 1.165) is 0 Å². The van der Waals surface area contributed by atoms with Gasteiger partial charge in [0.15, 0.2) is 5.84 Å². The average Bonchev–Trinajstić information content (AvgIpc) is 2.86. The minimum atomic E-state index is -4.08. The van der Waals surface area contributed by atoms with E-state index >= 15 is 0 Å². The van der Waals surface area contributed by atoms with Crippen molar-refractivity contribution in [2.24, 2.45) is 4.40 Å². The van der Waals surface area contributed by atoms with Gasteiger partial charge in [0.1, 0.15) is 0 Å². The normalized spacial score (nSPS) is 11.7. The highest BCUT2D eigenvalue weighted by atomic mass is 32.2. The third-order valence-electron chi connectivity index (χ3n) is 4.73. The van der Waals surface area contributed by atoms with Crippen molar-refractivity contribution in [1.82, 2.24) is 0 Å². The van der Waals surface area contributed by atoms with Crippen molar-refractivity contribution in [2.45, 2.75) is 4.90 Å². The smallest absolute Gasteiger partial charge is 0.268 e. The lowest BCUT2D eigenvalue weighted by Gasteiger charge is -2.25. The quantitative estimate of drug-likeness (QED) is 0.318. The Bertz CT molecular complexity index is 1320. The molecule has 6 heteroatoms. The first kappa shape index (κ1) is 21.2. The Kier molecular flexibility index (Phi) is 6.24. The highest BCUT2D eigenvalue weighted by molar-refractivity contribution is 7.90. The molecule has 4 aromatic rings. The molecule has 0 radical (unpaired) electrons. The lowest BCUT2D eigenvalue weighted by atomic mass is 10.1. The second kappa shape index (κ2) is 9.41. The van der Waals surface area contributed by atoms with Gasteiger partial charge in [0, 0.05) is 11.1 Å². The number of nitrogens with zero attached hydrogens (tertiary/aromatic N) is 2. The van der Waals surface area contributed by atoms with Crippen LogP contribution >= 0.6 is 0 Å². The first-order valence-electron chi connectivity index (χ1n) is 9.96. The van der Waals surface area contributed by atoms with Gasteiger partial charge in [-0.05, 0) is 36.4 Å². The van der Waals surface area contributed by atoms with Gasteiger partial charge in [-0.2, -0.15) is 8.42 Å². The van der Waals surface area contributed by atoms with E-state index in [1.165, 1.54) is 17.0 Å². The van der Waals surface area contributed by atoms with Crippen molar-refractivity contribution in [2.75, 3.05) is 4.90 Å². The first-order chi connectivity index (χ1) is 15.6. The molecule has 1 amide bonds. The molecule has 158 valence electrons. The highest BCUT2D eigenvalue weighted by Crippen LogP contribution is 2.23. The molecule has 0 aliphatic heterocycles. The molecule has 32 heavy (non-hydrogen) atoms. The molecule has 0 fully saturated rings. The fourth-order valence-electron chi connectivity index (χ4n) is 3.19. The van der Waals surface area contributed by atoms with E-state index in [-0.39, 0.29) is 16.6 Å². The van der Waals surface area contributed by atoms with E-state index in [4.69, 9.17) is 0 Å². The van der Waals surface area contributed by atoms with E-state index < -0.39 is 10.0 Å². The lowest BCUT2D eigenvalue weighted by Crippen LogP contribution is -2.38. The van der Waals surface area contributed by atoms with E-state index in [1.54, 1.807) is 91.0 Å². The first-order valence-corrected chi connectivity index (χ1v) is 11.4. The number of hydrogen-bond acceptors (Lipinski definition) is 3. The van der Waals surface area contributed by atoms with Gasteiger partial charge in [0.05, 0.1) is 10.6 Å². The maximum Gasteiger partial charge on any atom is 0.284 e. The summed E-state index contributed by atoms with van der Waals surface area (Å²) >= 11 is 0. The Labute approximate surface area is 187 Å².